The molecular formula is C18H42Cl3NO6Si3. The van der Waals surface area contributed by atoms with Gasteiger partial charge in [0.2, 0.25) is 0 Å². The molecule has 0 saturated heterocycles. The summed E-state index contributed by atoms with van der Waals surface area (Å²) < 4.78 is 39.9. The fourth-order valence-corrected chi connectivity index (χ4v) is 18.6. The van der Waals surface area contributed by atoms with Gasteiger partial charge in [-0.1, -0.05) is 0 Å². The molecule has 0 aromatic rings. The van der Waals surface area contributed by atoms with Crippen LogP contribution in [0, 0.1) is 0 Å². The molecule has 0 atom stereocenters. The lowest BCUT2D eigenvalue weighted by Gasteiger charge is -2.50. The molecule has 0 bridgehead atoms. The first-order valence-electron chi connectivity index (χ1n) is 10.8. The van der Waals surface area contributed by atoms with Gasteiger partial charge in [0.15, 0.2) is 0 Å². The highest BCUT2D eigenvalue weighted by molar-refractivity contribution is 7.65. The molecule has 0 unspecified atom stereocenters. The van der Waals surface area contributed by atoms with Gasteiger partial charge in [0.1, 0.15) is 0 Å². The second kappa shape index (κ2) is 13.4. The van der Waals surface area contributed by atoms with Gasteiger partial charge in [0, 0.05) is 36.6 Å². The first kappa shape index (κ1) is 32.2. The molecule has 0 radical (unpaired) electrons. The highest BCUT2D eigenvalue weighted by atomic mass is 35.8. The molecule has 0 aliphatic heterocycles. The molecule has 0 fully saturated rings. The Bertz CT molecular complexity index is 431. The minimum Gasteiger partial charge on any atom is -0.359 e. The molecule has 0 aromatic carbocycles. The van der Waals surface area contributed by atoms with Crippen LogP contribution in [0.1, 0.15) is 83.1 Å². The first-order chi connectivity index (χ1) is 13.9. The molecule has 13 heteroatoms. The zero-order valence-electron chi connectivity index (χ0n) is 21.0. The van der Waals surface area contributed by atoms with Crippen LogP contribution in [-0.2, 0) is 26.6 Å². The Hall–Kier alpha value is 1.24. The van der Waals surface area contributed by atoms with E-state index in [1.54, 1.807) is 0 Å². The van der Waals surface area contributed by atoms with Crippen LogP contribution in [0.4, 0.5) is 0 Å². The average molecular weight is 559 g/mol. The molecule has 0 amide bonds. The Morgan fingerprint density at radius 1 is 0.419 bits per heavy atom. The van der Waals surface area contributed by atoms with E-state index in [1.807, 2.05) is 83.1 Å². The Morgan fingerprint density at radius 2 is 0.581 bits per heavy atom. The largest absolute Gasteiger partial charge is 0.594 e. The van der Waals surface area contributed by atoms with Crippen LogP contribution in [-0.4, -0.2) is 64.6 Å². The molecule has 0 rings (SSSR count). The summed E-state index contributed by atoms with van der Waals surface area (Å²) in [7, 11) is -7.80. The second-order valence-electron chi connectivity index (χ2n) is 8.85. The predicted octanol–water partition coefficient (Wildman–Crippen LogP) is 5.86. The normalized spacial score (nSPS) is 14.5. The van der Waals surface area contributed by atoms with E-state index in [1.165, 1.54) is 3.90 Å². The monoisotopic (exact) mass is 557 g/mol. The van der Waals surface area contributed by atoms with E-state index >= 15 is 0 Å². The van der Waals surface area contributed by atoms with Crippen LogP contribution in [0.2, 0.25) is 0 Å². The van der Waals surface area contributed by atoms with Crippen LogP contribution in [0.15, 0.2) is 0 Å². The fourth-order valence-electron chi connectivity index (χ4n) is 2.75. The van der Waals surface area contributed by atoms with Gasteiger partial charge >= 0.3 is 24.1 Å². The van der Waals surface area contributed by atoms with Crippen LogP contribution >= 0.6 is 33.2 Å². The SMILES string of the molecule is CC(C)O[Si](OC(C)C)(OC(C)C)N([Si](Cl)(Cl)Cl)[Si](OC(C)C)(OC(C)C)OC(C)C. The Kier molecular flexibility index (Phi) is 13.9. The maximum Gasteiger partial charge on any atom is 0.594 e. The highest BCUT2D eigenvalue weighted by Crippen LogP contribution is 2.41. The van der Waals surface area contributed by atoms with E-state index in [0.717, 1.165) is 0 Å². The van der Waals surface area contributed by atoms with Crippen molar-refractivity contribution in [1.82, 2.24) is 3.90 Å². The van der Waals surface area contributed by atoms with Crippen molar-refractivity contribution in [1.29, 1.82) is 0 Å². The smallest absolute Gasteiger partial charge is 0.359 e. The summed E-state index contributed by atoms with van der Waals surface area (Å²) in [6, 6.07) is 0. The maximum absolute atomic E-state index is 6.75. The van der Waals surface area contributed by atoms with Gasteiger partial charge in [-0.3, -0.25) is 0 Å². The lowest BCUT2D eigenvalue weighted by atomic mass is 10.5. The molecule has 0 aromatic heterocycles. The van der Waals surface area contributed by atoms with Crippen molar-refractivity contribution in [2.75, 3.05) is 0 Å². The lowest BCUT2D eigenvalue weighted by Crippen LogP contribution is -2.81. The number of rotatable bonds is 15. The van der Waals surface area contributed by atoms with E-state index in [-0.39, 0.29) is 36.6 Å². The lowest BCUT2D eigenvalue weighted by molar-refractivity contribution is -0.0555. The molecular weight excluding hydrogens is 517 g/mol. The zero-order valence-corrected chi connectivity index (χ0v) is 26.3. The van der Waals surface area contributed by atoms with Crippen molar-refractivity contribution >= 4 is 57.3 Å². The summed E-state index contributed by atoms with van der Waals surface area (Å²) in [5, 5.41) is 0. The van der Waals surface area contributed by atoms with E-state index in [0.29, 0.717) is 0 Å². The Morgan fingerprint density at radius 3 is 0.677 bits per heavy atom. The van der Waals surface area contributed by atoms with Crippen molar-refractivity contribution in [2.24, 2.45) is 0 Å². The third-order valence-corrected chi connectivity index (χ3v) is 18.7. The Balaban J connectivity index is 7.21. The minimum absolute atomic E-state index is 0.281. The predicted molar refractivity (Wildman–Crippen MR) is 134 cm³/mol. The summed E-state index contributed by atoms with van der Waals surface area (Å²) in [5.74, 6) is 0. The number of halogens is 3. The molecule has 0 saturated carbocycles. The minimum atomic E-state index is -3.90. The van der Waals surface area contributed by atoms with Crippen molar-refractivity contribution in [3.8, 4) is 0 Å². The summed E-state index contributed by atoms with van der Waals surface area (Å²) in [6.07, 6.45) is -5.52. The van der Waals surface area contributed by atoms with Gasteiger partial charge in [0.05, 0.1) is 0 Å². The van der Waals surface area contributed by atoms with Crippen LogP contribution in [0.3, 0.4) is 0 Å². The molecule has 188 valence electrons. The van der Waals surface area contributed by atoms with Crippen molar-refractivity contribution < 1.29 is 26.6 Å². The van der Waals surface area contributed by atoms with Crippen LogP contribution in [0.5, 0.6) is 0 Å². The van der Waals surface area contributed by atoms with Gasteiger partial charge in [-0.2, -0.15) is 3.90 Å². The topological polar surface area (TPSA) is 58.6 Å². The molecule has 0 aliphatic rings. The van der Waals surface area contributed by atoms with Crippen LogP contribution < -0.4 is 0 Å². The molecule has 31 heavy (non-hydrogen) atoms. The molecule has 0 aliphatic carbocycles. The first-order valence-corrected chi connectivity index (χ1v) is 19.1. The number of hydrogen-bond acceptors (Lipinski definition) is 7. The van der Waals surface area contributed by atoms with Gasteiger partial charge in [-0.05, 0) is 83.1 Å². The van der Waals surface area contributed by atoms with Crippen molar-refractivity contribution in [2.45, 2.75) is 120 Å². The van der Waals surface area contributed by atoms with E-state index in [2.05, 4.69) is 0 Å². The molecule has 0 N–H and O–H groups in total. The van der Waals surface area contributed by atoms with Crippen molar-refractivity contribution in [3.63, 3.8) is 0 Å². The average Bonchev–Trinajstić information content (AvgIpc) is 2.39. The molecule has 0 spiro atoms. The highest BCUT2D eigenvalue weighted by Gasteiger charge is 2.73. The summed E-state index contributed by atoms with van der Waals surface area (Å²) in [4.78, 5) is 0. The number of nitrogens with zero attached hydrogens (tertiary/aromatic N) is 1. The van der Waals surface area contributed by atoms with Gasteiger partial charge in [-0.25, -0.2) is 0 Å². The molecule has 7 nitrogen and oxygen atoms in total. The van der Waals surface area contributed by atoms with E-state index in [9.17, 15) is 0 Å². The molecule has 0 heterocycles. The van der Waals surface area contributed by atoms with Gasteiger partial charge < -0.3 is 26.6 Å². The second-order valence-corrected chi connectivity index (χ2v) is 22.6. The summed E-state index contributed by atoms with van der Waals surface area (Å²) >= 11 is 20.3. The quantitative estimate of drug-likeness (QED) is 0.184. The van der Waals surface area contributed by atoms with E-state index in [4.69, 9.17) is 59.8 Å². The summed E-state index contributed by atoms with van der Waals surface area (Å²) in [5.41, 5.74) is 0. The van der Waals surface area contributed by atoms with Crippen molar-refractivity contribution in [3.05, 3.63) is 0 Å². The number of hydrogen-bond donors (Lipinski definition) is 0. The third kappa shape index (κ3) is 11.0. The maximum atomic E-state index is 6.75. The van der Waals surface area contributed by atoms with Gasteiger partial charge in [-0.15, -0.1) is 33.2 Å². The summed E-state index contributed by atoms with van der Waals surface area (Å²) in [6.45, 7) is 22.6. The zero-order chi connectivity index (χ0) is 24.8. The Labute approximate surface area is 207 Å². The van der Waals surface area contributed by atoms with Gasteiger partial charge in [0.25, 0.3) is 0 Å². The third-order valence-electron chi connectivity index (χ3n) is 3.11. The fraction of sp³-hybridized carbons (Fsp3) is 1.00. The standard InChI is InChI=1S/C18H42Cl3NO6Si3/c1-13(2)23-30(24-14(3)4,25-15(5)6)22(29(19,20)21)31(26-16(7)8,27-17(9)10)28-18(11)12/h13-18H,1-12H3. The van der Waals surface area contributed by atoms with Crippen LogP contribution in [0.25, 0.3) is 0 Å². The van der Waals surface area contributed by atoms with E-state index < -0.39 is 24.1 Å².